The number of hydrogen-bond donors (Lipinski definition) is 1. The summed E-state index contributed by atoms with van der Waals surface area (Å²) in [5.74, 6) is -3.33. The summed E-state index contributed by atoms with van der Waals surface area (Å²) in [5.41, 5.74) is -0.0150. The lowest BCUT2D eigenvalue weighted by Gasteiger charge is -2.05. The molecule has 0 radical (unpaired) electrons. The molecule has 0 aliphatic carbocycles. The molecule has 14 heavy (non-hydrogen) atoms. The van der Waals surface area contributed by atoms with Crippen LogP contribution in [0.5, 0.6) is 0 Å². The van der Waals surface area contributed by atoms with Crippen LogP contribution in [-0.2, 0) is 6.42 Å². The smallest absolute Gasteiger partial charge is 0.180 e. The molecule has 0 heterocycles. The maximum Gasteiger partial charge on any atom is 0.180 e. The van der Waals surface area contributed by atoms with Gasteiger partial charge in [0, 0.05) is 0 Å². The standard InChI is InChI=1S/C9H9ClF3N/c1-14-3-2-5-4-6(11)7(10)9(13)8(5)12/h4,14H,2-3H2,1H3. The molecule has 1 N–H and O–H groups in total. The molecule has 0 amide bonds. The lowest BCUT2D eigenvalue weighted by molar-refractivity contribution is 0.484. The number of likely N-dealkylation sites (N-methyl/N-ethyl adjacent to an activating group) is 1. The highest BCUT2D eigenvalue weighted by Crippen LogP contribution is 2.24. The second-order valence-corrected chi connectivity index (χ2v) is 3.19. The minimum atomic E-state index is -1.32. The van der Waals surface area contributed by atoms with Crippen molar-refractivity contribution in [2.75, 3.05) is 13.6 Å². The van der Waals surface area contributed by atoms with Gasteiger partial charge in [-0.25, -0.2) is 13.2 Å². The van der Waals surface area contributed by atoms with Gasteiger partial charge < -0.3 is 5.32 Å². The van der Waals surface area contributed by atoms with E-state index in [1.807, 2.05) is 0 Å². The van der Waals surface area contributed by atoms with Crippen LogP contribution in [0.3, 0.4) is 0 Å². The summed E-state index contributed by atoms with van der Waals surface area (Å²) in [6.45, 7) is 0.442. The molecule has 0 unspecified atom stereocenters. The molecule has 1 rings (SSSR count). The Labute approximate surface area is 84.9 Å². The normalized spacial score (nSPS) is 10.6. The Balaban J connectivity index is 3.06. The summed E-state index contributed by atoms with van der Waals surface area (Å²) in [4.78, 5) is 0. The average molecular weight is 224 g/mol. The van der Waals surface area contributed by atoms with E-state index in [0.29, 0.717) is 6.54 Å². The monoisotopic (exact) mass is 223 g/mol. The summed E-state index contributed by atoms with van der Waals surface area (Å²) in [6.07, 6.45) is 0.216. The Morgan fingerprint density at radius 3 is 2.50 bits per heavy atom. The van der Waals surface area contributed by atoms with Crippen LogP contribution in [0.1, 0.15) is 5.56 Å². The van der Waals surface area contributed by atoms with E-state index in [1.165, 1.54) is 0 Å². The highest BCUT2D eigenvalue weighted by atomic mass is 35.5. The molecule has 0 saturated heterocycles. The van der Waals surface area contributed by atoms with Gasteiger partial charge in [0.05, 0.1) is 0 Å². The fourth-order valence-electron chi connectivity index (χ4n) is 1.06. The van der Waals surface area contributed by atoms with E-state index < -0.39 is 22.5 Å². The van der Waals surface area contributed by atoms with Crippen LogP contribution in [0.25, 0.3) is 0 Å². The van der Waals surface area contributed by atoms with Gasteiger partial charge in [0.15, 0.2) is 11.6 Å². The molecule has 0 saturated carbocycles. The lowest BCUT2D eigenvalue weighted by Crippen LogP contribution is -2.12. The summed E-state index contributed by atoms with van der Waals surface area (Å²) in [6, 6.07) is 0.915. The molecule has 5 heteroatoms. The van der Waals surface area contributed by atoms with Crippen molar-refractivity contribution in [1.82, 2.24) is 5.32 Å². The van der Waals surface area contributed by atoms with Gasteiger partial charge >= 0.3 is 0 Å². The zero-order valence-electron chi connectivity index (χ0n) is 7.50. The van der Waals surface area contributed by atoms with Crippen LogP contribution in [0.4, 0.5) is 13.2 Å². The fraction of sp³-hybridized carbons (Fsp3) is 0.333. The van der Waals surface area contributed by atoms with Gasteiger partial charge in [-0.1, -0.05) is 11.6 Å². The van der Waals surface area contributed by atoms with E-state index in [0.717, 1.165) is 6.07 Å². The predicted octanol–water partition coefficient (Wildman–Crippen LogP) is 2.52. The van der Waals surface area contributed by atoms with Crippen LogP contribution >= 0.6 is 11.6 Å². The molecule has 0 fully saturated rings. The highest BCUT2D eigenvalue weighted by molar-refractivity contribution is 6.30. The van der Waals surface area contributed by atoms with Gasteiger partial charge in [-0.05, 0) is 31.6 Å². The second kappa shape index (κ2) is 4.66. The zero-order chi connectivity index (χ0) is 10.7. The molecule has 0 spiro atoms. The Kier molecular flexibility index (Phi) is 3.77. The molecular formula is C9H9ClF3N. The summed E-state index contributed by atoms with van der Waals surface area (Å²) >= 11 is 5.18. The molecule has 0 aliphatic rings. The van der Waals surface area contributed by atoms with Gasteiger partial charge in [0.1, 0.15) is 10.8 Å². The SMILES string of the molecule is CNCCc1cc(F)c(Cl)c(F)c1F. The first-order valence-electron chi connectivity index (χ1n) is 4.04. The lowest BCUT2D eigenvalue weighted by atomic mass is 10.1. The van der Waals surface area contributed by atoms with Crippen molar-refractivity contribution < 1.29 is 13.2 Å². The number of halogens is 4. The van der Waals surface area contributed by atoms with E-state index in [1.54, 1.807) is 7.05 Å². The van der Waals surface area contributed by atoms with Crippen molar-refractivity contribution in [3.63, 3.8) is 0 Å². The third-order valence-electron chi connectivity index (χ3n) is 1.82. The third kappa shape index (κ3) is 2.19. The van der Waals surface area contributed by atoms with Crippen molar-refractivity contribution in [2.45, 2.75) is 6.42 Å². The average Bonchev–Trinajstić information content (AvgIpc) is 2.18. The molecule has 0 aliphatic heterocycles. The number of hydrogen-bond acceptors (Lipinski definition) is 1. The van der Waals surface area contributed by atoms with Crippen LogP contribution < -0.4 is 5.32 Å². The van der Waals surface area contributed by atoms with Crippen molar-refractivity contribution in [1.29, 1.82) is 0 Å². The Bertz CT molecular complexity index is 341. The van der Waals surface area contributed by atoms with Crippen LogP contribution in [0.2, 0.25) is 5.02 Å². The summed E-state index contributed by atoms with van der Waals surface area (Å²) in [7, 11) is 1.67. The third-order valence-corrected chi connectivity index (χ3v) is 2.17. The molecule has 0 bridgehead atoms. The first-order valence-corrected chi connectivity index (χ1v) is 4.42. The number of nitrogens with one attached hydrogen (secondary N) is 1. The van der Waals surface area contributed by atoms with Crippen molar-refractivity contribution >= 4 is 11.6 Å². The molecule has 1 nitrogen and oxygen atoms in total. The van der Waals surface area contributed by atoms with Gasteiger partial charge in [0.2, 0.25) is 0 Å². The first kappa shape index (κ1) is 11.3. The van der Waals surface area contributed by atoms with Crippen LogP contribution in [0, 0.1) is 17.5 Å². The van der Waals surface area contributed by atoms with Gasteiger partial charge in [-0.2, -0.15) is 0 Å². The van der Waals surface area contributed by atoms with Crippen molar-refractivity contribution in [2.24, 2.45) is 0 Å². The van der Waals surface area contributed by atoms with E-state index >= 15 is 0 Å². The maximum absolute atomic E-state index is 13.1. The quantitative estimate of drug-likeness (QED) is 0.613. The minimum absolute atomic E-state index is 0.0150. The van der Waals surface area contributed by atoms with Crippen LogP contribution in [0.15, 0.2) is 6.07 Å². The zero-order valence-corrected chi connectivity index (χ0v) is 8.26. The largest absolute Gasteiger partial charge is 0.319 e. The Morgan fingerprint density at radius 2 is 1.93 bits per heavy atom. The van der Waals surface area contributed by atoms with Crippen molar-refractivity contribution in [3.8, 4) is 0 Å². The predicted molar refractivity (Wildman–Crippen MR) is 49.0 cm³/mol. The number of benzene rings is 1. The molecule has 0 aromatic heterocycles. The second-order valence-electron chi connectivity index (χ2n) is 2.81. The Hall–Kier alpha value is -0.740. The van der Waals surface area contributed by atoms with E-state index in [2.05, 4.69) is 5.32 Å². The summed E-state index contributed by atoms with van der Waals surface area (Å²) in [5, 5.41) is 1.96. The van der Waals surface area contributed by atoms with E-state index in [-0.39, 0.29) is 12.0 Å². The van der Waals surface area contributed by atoms with Gasteiger partial charge in [-0.15, -0.1) is 0 Å². The fourth-order valence-corrected chi connectivity index (χ4v) is 1.20. The molecule has 0 atom stereocenters. The molecular weight excluding hydrogens is 215 g/mol. The van der Waals surface area contributed by atoms with E-state index in [9.17, 15) is 13.2 Å². The van der Waals surface area contributed by atoms with Gasteiger partial charge in [0.25, 0.3) is 0 Å². The molecule has 78 valence electrons. The maximum atomic E-state index is 13.1. The van der Waals surface area contributed by atoms with Crippen molar-refractivity contribution in [3.05, 3.63) is 34.1 Å². The topological polar surface area (TPSA) is 12.0 Å². The minimum Gasteiger partial charge on any atom is -0.319 e. The molecule has 1 aromatic rings. The summed E-state index contributed by atoms with van der Waals surface area (Å²) < 4.78 is 38.9. The first-order chi connectivity index (χ1) is 6.57. The number of rotatable bonds is 3. The Morgan fingerprint density at radius 1 is 1.29 bits per heavy atom. The highest BCUT2D eigenvalue weighted by Gasteiger charge is 2.16. The van der Waals surface area contributed by atoms with Crippen LogP contribution in [-0.4, -0.2) is 13.6 Å². The molecule has 1 aromatic carbocycles. The van der Waals surface area contributed by atoms with E-state index in [4.69, 9.17) is 11.6 Å². The van der Waals surface area contributed by atoms with Gasteiger partial charge in [-0.3, -0.25) is 0 Å².